The van der Waals surface area contributed by atoms with Gasteiger partial charge in [-0.25, -0.2) is 4.79 Å². The van der Waals surface area contributed by atoms with Crippen LogP contribution < -0.4 is 5.73 Å². The van der Waals surface area contributed by atoms with E-state index in [1.165, 1.54) is 0 Å². The number of carbonyl (C=O) groups is 1. The lowest BCUT2D eigenvalue weighted by atomic mass is 9.88. The largest absolute Gasteiger partial charge is 0.464 e. The molecule has 0 bridgehead atoms. The zero-order chi connectivity index (χ0) is 12.3. The molecule has 1 aromatic rings. The van der Waals surface area contributed by atoms with Gasteiger partial charge in [0.2, 0.25) is 0 Å². The molecule has 1 aromatic carbocycles. The minimum Gasteiger partial charge on any atom is -0.464 e. The fourth-order valence-electron chi connectivity index (χ4n) is 1.69. The van der Waals surface area contributed by atoms with Gasteiger partial charge in [-0.15, -0.1) is 0 Å². The Kier molecular flexibility index (Phi) is 3.70. The second-order valence-electron chi connectivity index (χ2n) is 4.24. The maximum Gasteiger partial charge on any atom is 0.330 e. The SMILES string of the molecule is CCOC(=O)C(C)(N)c1cc(C)ccc1C. The molecule has 0 amide bonds. The first kappa shape index (κ1) is 12.7. The monoisotopic (exact) mass is 221 g/mol. The van der Waals surface area contributed by atoms with E-state index >= 15 is 0 Å². The molecular weight excluding hydrogens is 202 g/mol. The number of nitrogens with two attached hydrogens (primary N) is 1. The van der Waals surface area contributed by atoms with Crippen LogP contribution in [0.1, 0.15) is 30.5 Å². The van der Waals surface area contributed by atoms with Gasteiger partial charge in [0, 0.05) is 0 Å². The fourth-order valence-corrected chi connectivity index (χ4v) is 1.69. The van der Waals surface area contributed by atoms with Crippen LogP contribution in [0.3, 0.4) is 0 Å². The Morgan fingerprint density at radius 1 is 1.44 bits per heavy atom. The van der Waals surface area contributed by atoms with Crippen molar-refractivity contribution >= 4 is 5.97 Å². The van der Waals surface area contributed by atoms with Crippen molar-refractivity contribution in [1.29, 1.82) is 0 Å². The average molecular weight is 221 g/mol. The predicted octanol–water partition coefficient (Wildman–Crippen LogP) is 2.04. The lowest BCUT2D eigenvalue weighted by molar-refractivity contribution is -0.149. The number of esters is 1. The van der Waals surface area contributed by atoms with E-state index in [1.807, 2.05) is 32.0 Å². The molecule has 1 rings (SSSR count). The molecule has 16 heavy (non-hydrogen) atoms. The molecule has 0 saturated carbocycles. The first-order valence-electron chi connectivity index (χ1n) is 5.43. The molecule has 0 aliphatic rings. The minimum atomic E-state index is -1.08. The molecule has 0 aliphatic carbocycles. The molecule has 0 fully saturated rings. The highest BCUT2D eigenvalue weighted by Gasteiger charge is 2.33. The van der Waals surface area contributed by atoms with Gasteiger partial charge >= 0.3 is 5.97 Å². The third-order valence-electron chi connectivity index (χ3n) is 2.65. The Hall–Kier alpha value is -1.35. The molecule has 0 saturated heterocycles. The first-order valence-corrected chi connectivity index (χ1v) is 5.43. The lowest BCUT2D eigenvalue weighted by Gasteiger charge is -2.25. The number of hydrogen-bond acceptors (Lipinski definition) is 3. The van der Waals surface area contributed by atoms with Crippen molar-refractivity contribution in [3.63, 3.8) is 0 Å². The fraction of sp³-hybridized carbons (Fsp3) is 0.462. The quantitative estimate of drug-likeness (QED) is 0.795. The van der Waals surface area contributed by atoms with E-state index in [-0.39, 0.29) is 5.97 Å². The Balaban J connectivity index is 3.15. The summed E-state index contributed by atoms with van der Waals surface area (Å²) < 4.78 is 4.99. The van der Waals surface area contributed by atoms with E-state index in [1.54, 1.807) is 13.8 Å². The second-order valence-corrected chi connectivity index (χ2v) is 4.24. The summed E-state index contributed by atoms with van der Waals surface area (Å²) in [5, 5.41) is 0. The van der Waals surface area contributed by atoms with Crippen molar-refractivity contribution < 1.29 is 9.53 Å². The van der Waals surface area contributed by atoms with Gasteiger partial charge in [0.25, 0.3) is 0 Å². The van der Waals surface area contributed by atoms with Crippen molar-refractivity contribution in [3.8, 4) is 0 Å². The summed E-state index contributed by atoms with van der Waals surface area (Å²) in [7, 11) is 0. The predicted molar refractivity (Wildman–Crippen MR) is 64.1 cm³/mol. The average Bonchev–Trinajstić information content (AvgIpc) is 2.22. The van der Waals surface area contributed by atoms with Gasteiger partial charge < -0.3 is 10.5 Å². The van der Waals surface area contributed by atoms with Gasteiger partial charge in [-0.1, -0.05) is 23.8 Å². The topological polar surface area (TPSA) is 52.3 Å². The van der Waals surface area contributed by atoms with Gasteiger partial charge in [0.15, 0.2) is 0 Å². The smallest absolute Gasteiger partial charge is 0.330 e. The number of aryl methyl sites for hydroxylation is 2. The summed E-state index contributed by atoms with van der Waals surface area (Å²) in [5.41, 5.74) is 7.90. The third-order valence-corrected chi connectivity index (χ3v) is 2.65. The van der Waals surface area contributed by atoms with Gasteiger partial charge in [0.05, 0.1) is 6.61 Å². The number of hydrogen-bond donors (Lipinski definition) is 1. The molecule has 0 aliphatic heterocycles. The summed E-state index contributed by atoms with van der Waals surface area (Å²) in [6.45, 7) is 7.73. The second kappa shape index (κ2) is 4.66. The highest BCUT2D eigenvalue weighted by atomic mass is 16.5. The first-order chi connectivity index (χ1) is 7.39. The molecule has 1 unspecified atom stereocenters. The standard InChI is InChI=1S/C13H19NO2/c1-5-16-12(15)13(4,14)11-8-9(2)6-7-10(11)3/h6-8H,5,14H2,1-4H3. The van der Waals surface area contributed by atoms with Crippen LogP contribution in [-0.4, -0.2) is 12.6 Å². The van der Waals surface area contributed by atoms with E-state index in [0.29, 0.717) is 6.61 Å². The Labute approximate surface area is 96.6 Å². The van der Waals surface area contributed by atoms with E-state index in [2.05, 4.69) is 0 Å². The lowest BCUT2D eigenvalue weighted by Crippen LogP contribution is -2.43. The van der Waals surface area contributed by atoms with E-state index in [9.17, 15) is 4.79 Å². The number of carbonyl (C=O) groups excluding carboxylic acids is 1. The summed E-state index contributed by atoms with van der Waals surface area (Å²) >= 11 is 0. The highest BCUT2D eigenvalue weighted by molar-refractivity contribution is 5.82. The van der Waals surface area contributed by atoms with Crippen molar-refractivity contribution in [2.24, 2.45) is 5.73 Å². The van der Waals surface area contributed by atoms with Crippen LogP contribution in [0.25, 0.3) is 0 Å². The highest BCUT2D eigenvalue weighted by Crippen LogP contribution is 2.24. The summed E-state index contributed by atoms with van der Waals surface area (Å²) in [5.74, 6) is -0.385. The van der Waals surface area contributed by atoms with Crippen molar-refractivity contribution in [2.45, 2.75) is 33.2 Å². The zero-order valence-corrected chi connectivity index (χ0v) is 10.3. The molecule has 0 heterocycles. The number of benzene rings is 1. The van der Waals surface area contributed by atoms with E-state index in [4.69, 9.17) is 10.5 Å². The maximum absolute atomic E-state index is 11.8. The maximum atomic E-state index is 11.8. The number of ether oxygens (including phenoxy) is 1. The van der Waals surface area contributed by atoms with Gasteiger partial charge in [-0.2, -0.15) is 0 Å². The third kappa shape index (κ3) is 2.42. The Morgan fingerprint density at radius 3 is 2.62 bits per heavy atom. The molecule has 0 radical (unpaired) electrons. The van der Waals surface area contributed by atoms with Gasteiger partial charge in [0.1, 0.15) is 5.54 Å². The minimum absolute atomic E-state index is 0.344. The van der Waals surface area contributed by atoms with Crippen LogP contribution in [0.5, 0.6) is 0 Å². The molecule has 2 N–H and O–H groups in total. The van der Waals surface area contributed by atoms with Crippen LogP contribution >= 0.6 is 0 Å². The van der Waals surface area contributed by atoms with Crippen LogP contribution in [0.15, 0.2) is 18.2 Å². The molecule has 0 spiro atoms. The van der Waals surface area contributed by atoms with E-state index < -0.39 is 5.54 Å². The van der Waals surface area contributed by atoms with Gasteiger partial charge in [-0.05, 0) is 38.8 Å². The van der Waals surface area contributed by atoms with Crippen molar-refractivity contribution in [1.82, 2.24) is 0 Å². The van der Waals surface area contributed by atoms with Gasteiger partial charge in [-0.3, -0.25) is 0 Å². The summed E-state index contributed by atoms with van der Waals surface area (Å²) in [4.78, 5) is 11.8. The molecule has 0 aromatic heterocycles. The number of rotatable bonds is 3. The zero-order valence-electron chi connectivity index (χ0n) is 10.3. The molecule has 3 heteroatoms. The summed E-state index contributed by atoms with van der Waals surface area (Å²) in [6.07, 6.45) is 0. The molecule has 88 valence electrons. The van der Waals surface area contributed by atoms with Crippen LogP contribution in [0.2, 0.25) is 0 Å². The molecule has 3 nitrogen and oxygen atoms in total. The summed E-state index contributed by atoms with van der Waals surface area (Å²) in [6, 6.07) is 5.90. The molecular formula is C13H19NO2. The van der Waals surface area contributed by atoms with Crippen molar-refractivity contribution in [2.75, 3.05) is 6.61 Å². The van der Waals surface area contributed by atoms with E-state index in [0.717, 1.165) is 16.7 Å². The Morgan fingerprint density at radius 2 is 2.06 bits per heavy atom. The van der Waals surface area contributed by atoms with Crippen LogP contribution in [0.4, 0.5) is 0 Å². The molecule has 1 atom stereocenters. The normalized spacial score (nSPS) is 14.3. The van der Waals surface area contributed by atoms with Crippen LogP contribution in [0, 0.1) is 13.8 Å². The Bertz CT molecular complexity index is 397. The van der Waals surface area contributed by atoms with Crippen LogP contribution in [-0.2, 0) is 15.1 Å². The van der Waals surface area contributed by atoms with Crippen molar-refractivity contribution in [3.05, 3.63) is 34.9 Å².